The minimum atomic E-state index is 0.148. The Morgan fingerprint density at radius 2 is 1.58 bits per heavy atom. The van der Waals surface area contributed by atoms with Crippen molar-refractivity contribution in [2.75, 3.05) is 7.05 Å². The fourth-order valence-corrected chi connectivity index (χ4v) is 1.08. The molecule has 0 aliphatic carbocycles. The normalized spacial score (nSPS) is 10.8. The molecular formula is C11H21N. The fraction of sp³-hybridized carbons (Fsp3) is 0.636. The molecular weight excluding hydrogens is 146 g/mol. The van der Waals surface area contributed by atoms with Gasteiger partial charge in [-0.15, -0.1) is 0 Å². The van der Waals surface area contributed by atoms with E-state index in [4.69, 9.17) is 0 Å². The van der Waals surface area contributed by atoms with Crippen molar-refractivity contribution >= 4 is 0 Å². The van der Waals surface area contributed by atoms with Crippen LogP contribution in [0.4, 0.5) is 0 Å². The molecule has 0 radical (unpaired) electrons. The van der Waals surface area contributed by atoms with Crippen molar-refractivity contribution in [3.63, 3.8) is 0 Å². The maximum atomic E-state index is 4.10. The molecule has 0 fully saturated rings. The summed E-state index contributed by atoms with van der Waals surface area (Å²) in [6.07, 6.45) is 0. The molecule has 1 N–H and O–H groups in total. The summed E-state index contributed by atoms with van der Waals surface area (Å²) >= 11 is 0. The van der Waals surface area contributed by atoms with Crippen LogP contribution in [0.5, 0.6) is 0 Å². The average Bonchev–Trinajstić information content (AvgIpc) is 1.86. The van der Waals surface area contributed by atoms with Crippen LogP contribution in [0.1, 0.15) is 34.6 Å². The van der Waals surface area contributed by atoms with Crippen LogP contribution >= 0.6 is 0 Å². The molecule has 1 nitrogen and oxygen atoms in total. The van der Waals surface area contributed by atoms with Crippen molar-refractivity contribution in [1.82, 2.24) is 5.32 Å². The van der Waals surface area contributed by atoms with E-state index >= 15 is 0 Å². The molecule has 0 bridgehead atoms. The van der Waals surface area contributed by atoms with Crippen molar-refractivity contribution < 1.29 is 0 Å². The van der Waals surface area contributed by atoms with Gasteiger partial charge in [0.25, 0.3) is 0 Å². The second kappa shape index (κ2) is 3.79. The molecule has 0 amide bonds. The topological polar surface area (TPSA) is 12.0 Å². The molecule has 0 heterocycles. The van der Waals surface area contributed by atoms with Crippen LogP contribution in [0, 0.1) is 5.41 Å². The van der Waals surface area contributed by atoms with Gasteiger partial charge in [-0.3, -0.25) is 0 Å². The standard InChI is InChI=1S/C11H21N/c1-8(2)10(12-7)9(3)11(4,5)6/h12H,3H2,1-2,4-7H3. The van der Waals surface area contributed by atoms with Gasteiger partial charge in [-0.1, -0.05) is 32.9 Å². The number of allylic oxidation sites excluding steroid dienone is 2. The third kappa shape index (κ3) is 2.72. The van der Waals surface area contributed by atoms with Gasteiger partial charge in [0.1, 0.15) is 0 Å². The summed E-state index contributed by atoms with van der Waals surface area (Å²) in [4.78, 5) is 0. The maximum Gasteiger partial charge on any atom is 0.0355 e. The number of hydrogen-bond donors (Lipinski definition) is 1. The van der Waals surface area contributed by atoms with Crippen LogP contribution in [0.15, 0.2) is 23.4 Å². The highest BCUT2D eigenvalue weighted by molar-refractivity contribution is 5.33. The molecule has 0 atom stereocenters. The molecule has 70 valence electrons. The Bertz CT molecular complexity index is 200. The Hall–Kier alpha value is -0.720. The van der Waals surface area contributed by atoms with Crippen LogP contribution in [0.3, 0.4) is 0 Å². The Labute approximate surface area is 76.6 Å². The monoisotopic (exact) mass is 167 g/mol. The quantitative estimate of drug-likeness (QED) is 0.623. The summed E-state index contributed by atoms with van der Waals surface area (Å²) in [5.41, 5.74) is 3.79. The van der Waals surface area contributed by atoms with Gasteiger partial charge in [-0.25, -0.2) is 0 Å². The molecule has 0 aromatic carbocycles. The highest BCUT2D eigenvalue weighted by atomic mass is 14.8. The van der Waals surface area contributed by atoms with Crippen LogP contribution < -0.4 is 5.32 Å². The van der Waals surface area contributed by atoms with Crippen LogP contribution in [0.2, 0.25) is 0 Å². The second-order valence-corrected chi connectivity index (χ2v) is 4.35. The van der Waals surface area contributed by atoms with Crippen molar-refractivity contribution in [3.05, 3.63) is 23.4 Å². The average molecular weight is 167 g/mol. The smallest absolute Gasteiger partial charge is 0.0355 e. The van der Waals surface area contributed by atoms with Gasteiger partial charge in [0.15, 0.2) is 0 Å². The van der Waals surface area contributed by atoms with Gasteiger partial charge in [-0.05, 0) is 24.8 Å². The molecule has 0 unspecified atom stereocenters. The van der Waals surface area contributed by atoms with Gasteiger partial charge >= 0.3 is 0 Å². The third-order valence-electron chi connectivity index (χ3n) is 1.96. The molecule has 1 heteroatoms. The second-order valence-electron chi connectivity index (χ2n) is 4.35. The lowest BCUT2D eigenvalue weighted by molar-refractivity contribution is 0.505. The summed E-state index contributed by atoms with van der Waals surface area (Å²) in [6.45, 7) is 14.8. The number of likely N-dealkylation sites (N-methyl/N-ethyl adjacent to an activating group) is 1. The first-order valence-electron chi connectivity index (χ1n) is 4.35. The van der Waals surface area contributed by atoms with Crippen LogP contribution in [-0.4, -0.2) is 7.05 Å². The number of hydrogen-bond acceptors (Lipinski definition) is 1. The molecule has 0 aromatic rings. The molecule has 0 aliphatic rings. The Balaban J connectivity index is 4.81. The maximum absolute atomic E-state index is 4.10. The van der Waals surface area contributed by atoms with Crippen LogP contribution in [-0.2, 0) is 0 Å². The highest BCUT2D eigenvalue weighted by Gasteiger charge is 2.18. The van der Waals surface area contributed by atoms with Gasteiger partial charge in [0.05, 0.1) is 0 Å². The zero-order chi connectivity index (χ0) is 9.94. The summed E-state index contributed by atoms with van der Waals surface area (Å²) in [6, 6.07) is 0. The Kier molecular flexibility index (Phi) is 3.56. The molecule has 0 rings (SSSR count). The molecule has 0 aliphatic heterocycles. The van der Waals surface area contributed by atoms with E-state index in [1.807, 2.05) is 7.05 Å². The summed E-state index contributed by atoms with van der Waals surface area (Å²) in [5.74, 6) is 0. The molecule has 12 heavy (non-hydrogen) atoms. The summed E-state index contributed by atoms with van der Waals surface area (Å²) in [5, 5.41) is 3.19. The SMILES string of the molecule is C=C(C(NC)=C(C)C)C(C)(C)C. The summed E-state index contributed by atoms with van der Waals surface area (Å²) < 4.78 is 0. The van der Waals surface area contributed by atoms with E-state index in [1.54, 1.807) is 0 Å². The van der Waals surface area contributed by atoms with E-state index in [1.165, 1.54) is 16.8 Å². The predicted octanol–water partition coefficient (Wildman–Crippen LogP) is 3.10. The molecule has 0 saturated heterocycles. The van der Waals surface area contributed by atoms with Gasteiger partial charge in [0.2, 0.25) is 0 Å². The fourth-order valence-electron chi connectivity index (χ4n) is 1.08. The zero-order valence-corrected chi connectivity index (χ0v) is 9.21. The van der Waals surface area contributed by atoms with Gasteiger partial charge < -0.3 is 5.32 Å². The minimum Gasteiger partial charge on any atom is -0.388 e. The largest absolute Gasteiger partial charge is 0.388 e. The first kappa shape index (κ1) is 11.3. The molecule has 0 saturated carbocycles. The predicted molar refractivity (Wildman–Crippen MR) is 56.0 cm³/mol. The van der Waals surface area contributed by atoms with E-state index < -0.39 is 0 Å². The van der Waals surface area contributed by atoms with Crippen molar-refractivity contribution in [1.29, 1.82) is 0 Å². The Morgan fingerprint density at radius 3 is 1.67 bits per heavy atom. The van der Waals surface area contributed by atoms with E-state index in [2.05, 4.69) is 46.5 Å². The minimum absolute atomic E-state index is 0.148. The van der Waals surface area contributed by atoms with Crippen LogP contribution in [0.25, 0.3) is 0 Å². The van der Waals surface area contributed by atoms with Gasteiger partial charge in [0, 0.05) is 12.7 Å². The zero-order valence-electron chi connectivity index (χ0n) is 9.21. The Morgan fingerprint density at radius 1 is 1.17 bits per heavy atom. The van der Waals surface area contributed by atoms with E-state index in [0.717, 1.165) is 0 Å². The lowest BCUT2D eigenvalue weighted by atomic mass is 9.84. The summed E-state index contributed by atoms with van der Waals surface area (Å²) in [7, 11) is 1.94. The number of nitrogens with one attached hydrogen (secondary N) is 1. The third-order valence-corrected chi connectivity index (χ3v) is 1.96. The van der Waals surface area contributed by atoms with E-state index in [-0.39, 0.29) is 5.41 Å². The lowest BCUT2D eigenvalue weighted by Gasteiger charge is -2.25. The number of rotatable bonds is 2. The first-order valence-corrected chi connectivity index (χ1v) is 4.35. The van der Waals surface area contributed by atoms with E-state index in [0.29, 0.717) is 0 Å². The van der Waals surface area contributed by atoms with Gasteiger partial charge in [-0.2, -0.15) is 0 Å². The van der Waals surface area contributed by atoms with Crippen molar-refractivity contribution in [2.24, 2.45) is 5.41 Å². The lowest BCUT2D eigenvalue weighted by Crippen LogP contribution is -2.19. The first-order chi connectivity index (χ1) is 5.30. The molecule has 0 spiro atoms. The van der Waals surface area contributed by atoms with E-state index in [9.17, 15) is 0 Å². The highest BCUT2D eigenvalue weighted by Crippen LogP contribution is 2.29. The molecule has 0 aromatic heterocycles. The van der Waals surface area contributed by atoms with Crippen molar-refractivity contribution in [2.45, 2.75) is 34.6 Å². The van der Waals surface area contributed by atoms with Crippen molar-refractivity contribution in [3.8, 4) is 0 Å².